The van der Waals surface area contributed by atoms with Gasteiger partial charge in [0, 0.05) is 24.6 Å². The molecule has 2 unspecified atom stereocenters. The van der Waals surface area contributed by atoms with Gasteiger partial charge in [0.25, 0.3) is 5.69 Å². The van der Waals surface area contributed by atoms with Crippen molar-refractivity contribution in [2.75, 3.05) is 5.43 Å². The van der Waals surface area contributed by atoms with Gasteiger partial charge in [-0.2, -0.15) is 5.10 Å². The largest absolute Gasteiger partial charge is 0.459 e. The molecule has 0 amide bonds. The van der Waals surface area contributed by atoms with Crippen LogP contribution in [0.4, 0.5) is 17.1 Å². The number of nitrogens with zero attached hydrogens (tertiary/aromatic N) is 3. The molecule has 2 saturated carbocycles. The number of ether oxygens (including phenoxy) is 1. The van der Waals surface area contributed by atoms with E-state index in [2.05, 4.69) is 45.1 Å². The molecule has 3 fully saturated rings. The molecular weight excluding hydrogens is 548 g/mol. The summed E-state index contributed by atoms with van der Waals surface area (Å²) in [6.45, 7) is 11.7. The average Bonchev–Trinajstić information content (AvgIpc) is 3.20. The maximum atomic E-state index is 12.6. The van der Waals surface area contributed by atoms with Crippen molar-refractivity contribution in [1.82, 2.24) is 0 Å². The van der Waals surface area contributed by atoms with E-state index in [0.29, 0.717) is 30.6 Å². The number of nitro benzene ring substituents is 2. The highest BCUT2D eigenvalue weighted by atomic mass is 16.6. The molecule has 0 radical (unpaired) electrons. The number of carbonyl (C=O) groups excluding carboxylic acids is 1. The number of esters is 1. The first-order valence-electron chi connectivity index (χ1n) is 16.3. The van der Waals surface area contributed by atoms with E-state index in [4.69, 9.17) is 4.74 Å². The summed E-state index contributed by atoms with van der Waals surface area (Å²) in [5, 5.41) is 27.1. The Balaban J connectivity index is 1.56. The maximum absolute atomic E-state index is 12.6. The van der Waals surface area contributed by atoms with E-state index < -0.39 is 21.1 Å². The van der Waals surface area contributed by atoms with E-state index in [-0.39, 0.29) is 34.6 Å². The Morgan fingerprint density at radius 1 is 1.05 bits per heavy atom. The van der Waals surface area contributed by atoms with E-state index >= 15 is 0 Å². The molecule has 1 aromatic carbocycles. The zero-order valence-corrected chi connectivity index (χ0v) is 26.5. The summed E-state index contributed by atoms with van der Waals surface area (Å²) in [6.07, 6.45) is 13.9. The summed E-state index contributed by atoms with van der Waals surface area (Å²) in [5.74, 6) is 2.90. The molecule has 10 heteroatoms. The summed E-state index contributed by atoms with van der Waals surface area (Å²) in [5.41, 5.74) is 1.84. The molecule has 1 aliphatic heterocycles. The van der Waals surface area contributed by atoms with Crippen LogP contribution in [0.1, 0.15) is 112 Å². The van der Waals surface area contributed by atoms with Crippen LogP contribution < -0.4 is 5.43 Å². The van der Waals surface area contributed by atoms with Crippen molar-refractivity contribution in [2.45, 2.75) is 117 Å². The van der Waals surface area contributed by atoms with E-state index in [1.54, 1.807) is 6.21 Å². The topological polar surface area (TPSA) is 137 Å². The van der Waals surface area contributed by atoms with Crippen LogP contribution in [0.5, 0.6) is 0 Å². The molecule has 238 valence electrons. The number of nitrogens with one attached hydrogen (secondary N) is 1. The van der Waals surface area contributed by atoms with Crippen LogP contribution in [-0.2, 0) is 9.53 Å². The Morgan fingerprint density at radius 2 is 1.81 bits per heavy atom. The molecule has 1 heterocycles. The molecule has 1 aromatic rings. The fourth-order valence-electron chi connectivity index (χ4n) is 8.94. The lowest BCUT2D eigenvalue weighted by molar-refractivity contribution is -0.393. The van der Waals surface area contributed by atoms with Crippen LogP contribution in [0.2, 0.25) is 0 Å². The number of non-ortho nitro benzene ring substituents is 1. The lowest BCUT2D eigenvalue weighted by atomic mass is 9.53. The number of cyclic esters (lactones) is 1. The summed E-state index contributed by atoms with van der Waals surface area (Å²) in [7, 11) is 0. The van der Waals surface area contributed by atoms with Crippen LogP contribution in [-0.4, -0.2) is 27.6 Å². The number of rotatable bonds is 12. The molecule has 43 heavy (non-hydrogen) atoms. The quantitative estimate of drug-likeness (QED) is 0.110. The minimum atomic E-state index is -0.652. The standard InChI is InChI=1S/C33H50N4O6/c1-22(2)9-8-10-23(3)26-13-14-27-25(17-20-34-35-29-15-12-24(36(39)40)21-30(29)37(41)42)28(16-19-32(26,27)4)33(5)18-7-6-11-31(38)43-33/h12,15,20-23,25-28,35H,6-11,13-14,16-19H2,1-5H3/b34-20+/t23-,25+,26-,27?,28?,32-,33-/m1/s1. The van der Waals surface area contributed by atoms with Crippen LogP contribution in [0.15, 0.2) is 23.3 Å². The number of hydrazone groups is 1. The third kappa shape index (κ3) is 7.37. The van der Waals surface area contributed by atoms with Gasteiger partial charge in [0.15, 0.2) is 0 Å². The van der Waals surface area contributed by atoms with Crippen molar-refractivity contribution in [3.63, 3.8) is 0 Å². The van der Waals surface area contributed by atoms with Gasteiger partial charge in [0.2, 0.25) is 0 Å². The number of hydrogen-bond donors (Lipinski definition) is 1. The minimum Gasteiger partial charge on any atom is -0.459 e. The van der Waals surface area contributed by atoms with Crippen LogP contribution in [0.25, 0.3) is 0 Å². The molecule has 3 aliphatic rings. The van der Waals surface area contributed by atoms with Gasteiger partial charge < -0.3 is 4.74 Å². The Kier molecular flexibility index (Phi) is 10.5. The molecule has 0 bridgehead atoms. The van der Waals surface area contributed by atoms with Gasteiger partial charge in [-0.15, -0.1) is 0 Å². The number of hydrogen-bond acceptors (Lipinski definition) is 8. The second-order valence-electron chi connectivity index (χ2n) is 14.3. The van der Waals surface area contributed by atoms with Gasteiger partial charge in [-0.1, -0.05) is 47.0 Å². The van der Waals surface area contributed by atoms with E-state index in [1.807, 2.05) is 0 Å². The van der Waals surface area contributed by atoms with Crippen molar-refractivity contribution in [3.8, 4) is 0 Å². The average molecular weight is 599 g/mol. The van der Waals surface area contributed by atoms with Gasteiger partial charge in [-0.05, 0) is 99.4 Å². The molecule has 2 aliphatic carbocycles. The summed E-state index contributed by atoms with van der Waals surface area (Å²) in [4.78, 5) is 34.0. The zero-order valence-electron chi connectivity index (χ0n) is 26.5. The SMILES string of the molecule is CC(C)CCC[C@@H](C)[C@H]1CCC2[C@H](C/C=N/Nc3ccc([N+](=O)[O-])cc3[N+](=O)[O-])C([C@@]3(C)CCCCC(=O)O3)CC[C@@]21C. The molecule has 0 spiro atoms. The van der Waals surface area contributed by atoms with Gasteiger partial charge in [0.05, 0.1) is 15.9 Å². The first-order chi connectivity index (χ1) is 20.4. The predicted molar refractivity (Wildman–Crippen MR) is 168 cm³/mol. The summed E-state index contributed by atoms with van der Waals surface area (Å²) < 4.78 is 6.22. The maximum Gasteiger partial charge on any atom is 0.306 e. The molecule has 1 N–H and O–H groups in total. The van der Waals surface area contributed by atoms with Crippen LogP contribution in [0, 0.1) is 61.2 Å². The fraction of sp³-hybridized carbons (Fsp3) is 0.758. The Morgan fingerprint density at radius 3 is 2.51 bits per heavy atom. The number of fused-ring (bicyclic) bond motifs is 1. The third-order valence-electron chi connectivity index (χ3n) is 11.1. The van der Waals surface area contributed by atoms with Gasteiger partial charge in [-0.3, -0.25) is 30.4 Å². The lowest BCUT2D eigenvalue weighted by Crippen LogP contribution is -2.51. The first-order valence-corrected chi connectivity index (χ1v) is 16.3. The molecular formula is C33H50N4O6. The number of benzene rings is 1. The monoisotopic (exact) mass is 598 g/mol. The predicted octanol–water partition coefficient (Wildman–Crippen LogP) is 8.69. The fourth-order valence-corrected chi connectivity index (χ4v) is 8.94. The van der Waals surface area contributed by atoms with Gasteiger partial charge in [-0.25, -0.2) is 0 Å². The van der Waals surface area contributed by atoms with Crippen LogP contribution >= 0.6 is 0 Å². The second kappa shape index (κ2) is 13.7. The smallest absolute Gasteiger partial charge is 0.306 e. The molecule has 10 nitrogen and oxygen atoms in total. The molecule has 0 aromatic heterocycles. The van der Waals surface area contributed by atoms with Crippen molar-refractivity contribution >= 4 is 29.2 Å². The Bertz CT molecular complexity index is 1200. The second-order valence-corrected chi connectivity index (χ2v) is 14.3. The molecule has 4 rings (SSSR count). The van der Waals surface area contributed by atoms with Gasteiger partial charge >= 0.3 is 11.7 Å². The highest BCUT2D eigenvalue weighted by Crippen LogP contribution is 2.63. The summed E-state index contributed by atoms with van der Waals surface area (Å²) in [6, 6.07) is 3.50. The van der Waals surface area contributed by atoms with Crippen molar-refractivity contribution in [2.24, 2.45) is 46.0 Å². The van der Waals surface area contributed by atoms with E-state index in [0.717, 1.165) is 50.5 Å². The van der Waals surface area contributed by atoms with Crippen molar-refractivity contribution in [1.29, 1.82) is 0 Å². The highest BCUT2D eigenvalue weighted by Gasteiger charge is 2.58. The minimum absolute atomic E-state index is 0.101. The highest BCUT2D eigenvalue weighted by molar-refractivity contribution is 5.70. The molecule has 1 saturated heterocycles. The number of carbonyl (C=O) groups is 1. The third-order valence-corrected chi connectivity index (χ3v) is 11.1. The van der Waals surface area contributed by atoms with Crippen molar-refractivity contribution in [3.05, 3.63) is 38.4 Å². The lowest BCUT2D eigenvalue weighted by Gasteiger charge is -2.53. The zero-order chi connectivity index (χ0) is 31.4. The molecule has 7 atom stereocenters. The summed E-state index contributed by atoms with van der Waals surface area (Å²) >= 11 is 0. The van der Waals surface area contributed by atoms with Crippen molar-refractivity contribution < 1.29 is 19.4 Å². The van der Waals surface area contributed by atoms with E-state index in [1.165, 1.54) is 37.8 Å². The number of nitro groups is 2. The van der Waals surface area contributed by atoms with Crippen LogP contribution in [0.3, 0.4) is 0 Å². The first kappa shape index (κ1) is 32.9. The van der Waals surface area contributed by atoms with Gasteiger partial charge in [0.1, 0.15) is 11.3 Å². The Labute approximate surface area is 255 Å². The number of anilines is 1. The Hall–Kier alpha value is -3.04. The normalized spacial score (nSPS) is 31.8. The van der Waals surface area contributed by atoms with E-state index in [9.17, 15) is 25.0 Å².